The zero-order chi connectivity index (χ0) is 12.9. The molecule has 1 rings (SSSR count). The Hall–Kier alpha value is -1.60. The molecule has 0 bridgehead atoms. The summed E-state index contributed by atoms with van der Waals surface area (Å²) in [5.74, 6) is 0.398. The zero-order valence-electron chi connectivity index (χ0n) is 9.77. The van der Waals surface area contributed by atoms with Gasteiger partial charge in [-0.15, -0.1) is 0 Å². The standard InChI is InChI=1S/C10H16N2O5/c1-7-3-9(12-17-7)16-4-8(14)11-5-10(2,15)6-13/h3,13,15H,4-6H2,1-2H3,(H,11,14). The molecular formula is C10H16N2O5. The molecule has 1 aromatic heterocycles. The van der Waals surface area contributed by atoms with Crippen molar-refractivity contribution in [2.24, 2.45) is 0 Å². The molecule has 96 valence electrons. The van der Waals surface area contributed by atoms with Gasteiger partial charge in [-0.25, -0.2) is 0 Å². The number of carbonyl (C=O) groups excluding carboxylic acids is 1. The highest BCUT2D eigenvalue weighted by atomic mass is 16.5. The third kappa shape index (κ3) is 4.83. The average molecular weight is 244 g/mol. The number of carbonyl (C=O) groups is 1. The number of rotatable bonds is 6. The Kier molecular flexibility index (Phi) is 4.47. The van der Waals surface area contributed by atoms with Gasteiger partial charge in [-0.2, -0.15) is 0 Å². The summed E-state index contributed by atoms with van der Waals surface area (Å²) in [6, 6.07) is 1.55. The van der Waals surface area contributed by atoms with Crippen molar-refractivity contribution < 1.29 is 24.3 Å². The van der Waals surface area contributed by atoms with Crippen LogP contribution in [0.3, 0.4) is 0 Å². The van der Waals surface area contributed by atoms with E-state index in [0.717, 1.165) is 0 Å². The van der Waals surface area contributed by atoms with Crippen molar-refractivity contribution in [2.75, 3.05) is 19.8 Å². The Labute approximate surface area is 98.4 Å². The lowest BCUT2D eigenvalue weighted by molar-refractivity contribution is -0.124. The van der Waals surface area contributed by atoms with Crippen molar-refractivity contribution in [1.29, 1.82) is 0 Å². The van der Waals surface area contributed by atoms with Gasteiger partial charge in [0.1, 0.15) is 11.4 Å². The third-order valence-corrected chi connectivity index (χ3v) is 1.96. The number of hydrogen-bond donors (Lipinski definition) is 3. The molecule has 1 aromatic rings. The van der Waals surface area contributed by atoms with Gasteiger partial charge in [0.2, 0.25) is 0 Å². The molecule has 7 nitrogen and oxygen atoms in total. The molecule has 0 spiro atoms. The molecule has 1 amide bonds. The molecule has 1 unspecified atom stereocenters. The number of aryl methyl sites for hydroxylation is 1. The second kappa shape index (κ2) is 5.65. The number of hydrogen-bond acceptors (Lipinski definition) is 6. The van der Waals surface area contributed by atoms with Gasteiger partial charge in [0, 0.05) is 12.6 Å². The minimum atomic E-state index is -1.33. The maximum atomic E-state index is 11.3. The lowest BCUT2D eigenvalue weighted by Gasteiger charge is -2.20. The number of aliphatic hydroxyl groups excluding tert-OH is 1. The summed E-state index contributed by atoms with van der Waals surface area (Å²) in [5, 5.41) is 24.2. The van der Waals surface area contributed by atoms with Crippen molar-refractivity contribution >= 4 is 5.91 Å². The number of ether oxygens (including phenoxy) is 1. The smallest absolute Gasteiger partial charge is 0.258 e. The highest BCUT2D eigenvalue weighted by Crippen LogP contribution is 2.09. The minimum absolute atomic E-state index is 0.0520. The lowest BCUT2D eigenvalue weighted by Crippen LogP contribution is -2.44. The first-order valence-corrected chi connectivity index (χ1v) is 5.09. The van der Waals surface area contributed by atoms with Gasteiger partial charge in [-0.3, -0.25) is 4.79 Å². The quantitative estimate of drug-likeness (QED) is 0.606. The van der Waals surface area contributed by atoms with Crippen LogP contribution < -0.4 is 10.1 Å². The summed E-state index contributed by atoms with van der Waals surface area (Å²) in [4.78, 5) is 11.3. The van der Waals surface area contributed by atoms with Crippen LogP contribution in [0.2, 0.25) is 0 Å². The first-order valence-electron chi connectivity index (χ1n) is 5.09. The Morgan fingerprint density at radius 1 is 1.71 bits per heavy atom. The van der Waals surface area contributed by atoms with Gasteiger partial charge in [0.25, 0.3) is 11.8 Å². The Balaban J connectivity index is 2.26. The summed E-state index contributed by atoms with van der Waals surface area (Å²) >= 11 is 0. The number of amides is 1. The van der Waals surface area contributed by atoms with Crippen LogP contribution >= 0.6 is 0 Å². The van der Waals surface area contributed by atoms with E-state index >= 15 is 0 Å². The molecule has 0 fully saturated rings. The van der Waals surface area contributed by atoms with Gasteiger partial charge >= 0.3 is 0 Å². The predicted molar refractivity (Wildman–Crippen MR) is 57.5 cm³/mol. The van der Waals surface area contributed by atoms with E-state index in [9.17, 15) is 9.90 Å². The van der Waals surface area contributed by atoms with E-state index in [1.165, 1.54) is 6.92 Å². The number of aliphatic hydroxyl groups is 2. The molecule has 0 saturated heterocycles. The molecule has 0 aliphatic carbocycles. The fourth-order valence-electron chi connectivity index (χ4n) is 0.947. The summed E-state index contributed by atoms with van der Waals surface area (Å²) in [5.41, 5.74) is -1.33. The molecule has 1 heterocycles. The lowest BCUT2D eigenvalue weighted by atomic mass is 10.1. The van der Waals surface area contributed by atoms with Crippen LogP contribution in [0.4, 0.5) is 0 Å². The van der Waals surface area contributed by atoms with Crippen LogP contribution in [0, 0.1) is 6.92 Å². The zero-order valence-corrected chi connectivity index (χ0v) is 9.77. The van der Waals surface area contributed by atoms with Gasteiger partial charge in [-0.1, -0.05) is 0 Å². The molecule has 17 heavy (non-hydrogen) atoms. The van der Waals surface area contributed by atoms with Crippen LogP contribution in [0.5, 0.6) is 5.88 Å². The fraction of sp³-hybridized carbons (Fsp3) is 0.600. The first-order chi connectivity index (χ1) is 7.93. The molecule has 0 saturated carbocycles. The Morgan fingerprint density at radius 3 is 2.94 bits per heavy atom. The van der Waals surface area contributed by atoms with Gasteiger partial charge in [0.05, 0.1) is 6.61 Å². The summed E-state index contributed by atoms with van der Waals surface area (Å²) in [7, 11) is 0. The second-order valence-corrected chi connectivity index (χ2v) is 4.00. The van der Waals surface area contributed by atoms with Crippen LogP contribution in [-0.4, -0.2) is 46.6 Å². The van der Waals surface area contributed by atoms with E-state index in [2.05, 4.69) is 10.5 Å². The maximum Gasteiger partial charge on any atom is 0.258 e. The fourth-order valence-corrected chi connectivity index (χ4v) is 0.947. The normalized spacial score (nSPS) is 14.1. The van der Waals surface area contributed by atoms with Crippen LogP contribution in [-0.2, 0) is 4.79 Å². The average Bonchev–Trinajstić information content (AvgIpc) is 2.70. The molecule has 3 N–H and O–H groups in total. The summed E-state index contributed by atoms with van der Waals surface area (Å²) < 4.78 is 9.78. The number of nitrogens with one attached hydrogen (secondary N) is 1. The molecular weight excluding hydrogens is 228 g/mol. The molecule has 7 heteroatoms. The highest BCUT2D eigenvalue weighted by Gasteiger charge is 2.19. The SMILES string of the molecule is Cc1cc(OCC(=O)NCC(C)(O)CO)no1. The second-order valence-electron chi connectivity index (χ2n) is 4.00. The molecule has 0 aromatic carbocycles. The molecule has 0 radical (unpaired) electrons. The number of aromatic nitrogens is 1. The van der Waals surface area contributed by atoms with Gasteiger partial charge in [0.15, 0.2) is 6.61 Å². The van der Waals surface area contributed by atoms with Crippen LogP contribution in [0.15, 0.2) is 10.6 Å². The maximum absolute atomic E-state index is 11.3. The van der Waals surface area contributed by atoms with E-state index < -0.39 is 18.1 Å². The van der Waals surface area contributed by atoms with E-state index in [1.807, 2.05) is 0 Å². The largest absolute Gasteiger partial charge is 0.465 e. The van der Waals surface area contributed by atoms with Crippen molar-refractivity contribution in [3.05, 3.63) is 11.8 Å². The van der Waals surface area contributed by atoms with Crippen molar-refractivity contribution in [3.63, 3.8) is 0 Å². The van der Waals surface area contributed by atoms with Crippen molar-refractivity contribution in [1.82, 2.24) is 10.5 Å². The molecule has 0 aliphatic rings. The van der Waals surface area contributed by atoms with Crippen molar-refractivity contribution in [3.8, 4) is 5.88 Å². The Morgan fingerprint density at radius 2 is 2.41 bits per heavy atom. The topological polar surface area (TPSA) is 105 Å². The number of nitrogens with zero attached hydrogens (tertiary/aromatic N) is 1. The highest BCUT2D eigenvalue weighted by molar-refractivity contribution is 5.77. The van der Waals surface area contributed by atoms with Gasteiger partial charge in [-0.05, 0) is 19.0 Å². The van der Waals surface area contributed by atoms with E-state index in [0.29, 0.717) is 5.76 Å². The van der Waals surface area contributed by atoms with Crippen LogP contribution in [0.1, 0.15) is 12.7 Å². The third-order valence-electron chi connectivity index (χ3n) is 1.96. The monoisotopic (exact) mass is 244 g/mol. The van der Waals surface area contributed by atoms with Crippen molar-refractivity contribution in [2.45, 2.75) is 19.4 Å². The van der Waals surface area contributed by atoms with E-state index in [4.69, 9.17) is 14.4 Å². The predicted octanol–water partition coefficient (Wildman–Crippen LogP) is -0.779. The summed E-state index contributed by atoms with van der Waals surface area (Å²) in [6.45, 7) is 2.40. The molecule has 1 atom stereocenters. The van der Waals surface area contributed by atoms with Gasteiger partial charge < -0.3 is 24.8 Å². The minimum Gasteiger partial charge on any atom is -0.465 e. The van der Waals surface area contributed by atoms with Crippen LogP contribution in [0.25, 0.3) is 0 Å². The van der Waals surface area contributed by atoms with E-state index in [-0.39, 0.29) is 19.0 Å². The summed E-state index contributed by atoms with van der Waals surface area (Å²) in [6.07, 6.45) is 0. The Bertz CT molecular complexity index is 375. The first kappa shape index (κ1) is 13.5. The molecule has 0 aliphatic heterocycles. The van der Waals surface area contributed by atoms with E-state index in [1.54, 1.807) is 13.0 Å².